The van der Waals surface area contributed by atoms with Gasteiger partial charge in [-0.05, 0) is 31.0 Å². The Hall–Kier alpha value is -1.70. The van der Waals surface area contributed by atoms with Gasteiger partial charge >= 0.3 is 0 Å². The number of nitrogens with zero attached hydrogens (tertiary/aromatic N) is 3. The van der Waals surface area contributed by atoms with E-state index in [1.165, 1.54) is 12.8 Å². The maximum absolute atomic E-state index is 11.3. The highest BCUT2D eigenvalue weighted by atomic mass is 32.1. The van der Waals surface area contributed by atoms with Crippen molar-refractivity contribution < 1.29 is 9.53 Å². The van der Waals surface area contributed by atoms with Gasteiger partial charge in [-0.25, -0.2) is 4.98 Å². The van der Waals surface area contributed by atoms with E-state index in [1.807, 2.05) is 12.1 Å². The quantitative estimate of drug-likeness (QED) is 0.916. The first-order chi connectivity index (χ1) is 11.7. The smallest absolute Gasteiger partial charge is 0.248 e. The minimum Gasteiger partial charge on any atom is -0.379 e. The van der Waals surface area contributed by atoms with E-state index >= 15 is 0 Å². The van der Waals surface area contributed by atoms with Crippen molar-refractivity contribution in [2.75, 3.05) is 44.3 Å². The minimum absolute atomic E-state index is 0.391. The molecule has 2 aromatic rings. The highest BCUT2D eigenvalue weighted by Gasteiger charge is 2.27. The molecule has 0 spiro atoms. The number of thiazole rings is 1. The van der Waals surface area contributed by atoms with Crippen LogP contribution in [0, 0.1) is 0 Å². The second-order valence-corrected chi connectivity index (χ2v) is 7.42. The minimum atomic E-state index is -0.391. The molecule has 2 fully saturated rings. The van der Waals surface area contributed by atoms with Gasteiger partial charge in [0.1, 0.15) is 0 Å². The fraction of sp³-hybridized carbons (Fsp3) is 0.529. The highest BCUT2D eigenvalue weighted by molar-refractivity contribution is 7.22. The number of benzene rings is 1. The number of fused-ring (bicyclic) bond motifs is 1. The lowest BCUT2D eigenvalue weighted by atomic mass is 10.0. The number of carbonyl (C=O) groups is 1. The van der Waals surface area contributed by atoms with Crippen molar-refractivity contribution in [1.82, 2.24) is 9.88 Å². The van der Waals surface area contributed by atoms with Gasteiger partial charge in [0.25, 0.3) is 0 Å². The van der Waals surface area contributed by atoms with E-state index in [-0.39, 0.29) is 0 Å². The first-order valence-corrected chi connectivity index (χ1v) is 9.29. The van der Waals surface area contributed by atoms with Gasteiger partial charge in [0.2, 0.25) is 5.91 Å². The van der Waals surface area contributed by atoms with Crippen LogP contribution in [0.4, 0.5) is 5.13 Å². The summed E-state index contributed by atoms with van der Waals surface area (Å²) < 4.78 is 6.47. The van der Waals surface area contributed by atoms with Crippen molar-refractivity contribution in [3.8, 4) is 0 Å². The van der Waals surface area contributed by atoms with Crippen LogP contribution in [0.15, 0.2) is 18.2 Å². The van der Waals surface area contributed by atoms with Gasteiger partial charge in [0.15, 0.2) is 5.13 Å². The van der Waals surface area contributed by atoms with Crippen LogP contribution in [0.2, 0.25) is 0 Å². The summed E-state index contributed by atoms with van der Waals surface area (Å²) in [5.74, 6) is -0.391. The average molecular weight is 346 g/mol. The fourth-order valence-electron chi connectivity index (χ4n) is 3.57. The largest absolute Gasteiger partial charge is 0.379 e. The van der Waals surface area contributed by atoms with Crippen molar-refractivity contribution in [2.45, 2.75) is 18.9 Å². The Morgan fingerprint density at radius 2 is 1.96 bits per heavy atom. The monoisotopic (exact) mass is 346 g/mol. The van der Waals surface area contributed by atoms with Crippen molar-refractivity contribution in [2.24, 2.45) is 5.73 Å². The van der Waals surface area contributed by atoms with Crippen LogP contribution in [0.1, 0.15) is 23.2 Å². The molecule has 0 radical (unpaired) electrons. The molecule has 2 aliphatic rings. The van der Waals surface area contributed by atoms with Crippen LogP contribution in [0.5, 0.6) is 0 Å². The molecular weight excluding hydrogens is 324 g/mol. The Morgan fingerprint density at radius 3 is 2.67 bits per heavy atom. The third kappa shape index (κ3) is 3.11. The van der Waals surface area contributed by atoms with Gasteiger partial charge in [-0.2, -0.15) is 0 Å². The number of morpholine rings is 1. The lowest BCUT2D eigenvalue weighted by Crippen LogP contribution is -2.49. The average Bonchev–Trinajstić information content (AvgIpc) is 3.06. The molecule has 2 saturated heterocycles. The molecule has 0 saturated carbocycles. The molecule has 0 atom stereocenters. The van der Waals surface area contributed by atoms with Gasteiger partial charge < -0.3 is 15.4 Å². The molecule has 4 rings (SSSR count). The Balaban J connectivity index is 1.45. The molecular formula is C17H22N4O2S. The van der Waals surface area contributed by atoms with Gasteiger partial charge in [-0.1, -0.05) is 11.3 Å². The zero-order chi connectivity index (χ0) is 16.5. The Bertz CT molecular complexity index is 733. The fourth-order valence-corrected chi connectivity index (χ4v) is 4.62. The van der Waals surface area contributed by atoms with Gasteiger partial charge in [-0.15, -0.1) is 0 Å². The van der Waals surface area contributed by atoms with E-state index in [2.05, 4.69) is 9.80 Å². The summed E-state index contributed by atoms with van der Waals surface area (Å²) in [7, 11) is 0. The molecule has 0 unspecified atom stereocenters. The maximum atomic E-state index is 11.3. The summed E-state index contributed by atoms with van der Waals surface area (Å²) in [6.07, 6.45) is 2.34. The lowest BCUT2D eigenvalue weighted by Gasteiger charge is -2.40. The molecule has 2 aliphatic heterocycles. The van der Waals surface area contributed by atoms with Crippen molar-refractivity contribution in [3.05, 3.63) is 23.8 Å². The standard InChI is InChI=1S/C17H22N4O2S/c18-16(22)12-1-2-14-15(11-12)24-17(19-14)21-5-3-13(4-6-21)20-7-9-23-10-8-20/h1-2,11,13H,3-10H2,(H2,18,22). The van der Waals surface area contributed by atoms with E-state index < -0.39 is 5.91 Å². The zero-order valence-corrected chi connectivity index (χ0v) is 14.4. The second-order valence-electron chi connectivity index (χ2n) is 6.41. The maximum Gasteiger partial charge on any atom is 0.248 e. The number of rotatable bonds is 3. The molecule has 3 heterocycles. The number of amides is 1. The SMILES string of the molecule is NC(=O)c1ccc2nc(N3CCC(N4CCOCC4)CC3)sc2c1. The molecule has 1 aromatic heterocycles. The summed E-state index contributed by atoms with van der Waals surface area (Å²) in [5.41, 5.74) is 6.85. The second kappa shape index (κ2) is 6.66. The molecule has 7 heteroatoms. The number of piperidine rings is 1. The summed E-state index contributed by atoms with van der Waals surface area (Å²) >= 11 is 1.65. The van der Waals surface area contributed by atoms with E-state index in [9.17, 15) is 4.79 Å². The molecule has 1 aromatic carbocycles. The number of nitrogens with two attached hydrogens (primary N) is 1. The predicted octanol–water partition coefficient (Wildman–Crippen LogP) is 1.70. The van der Waals surface area contributed by atoms with Crippen molar-refractivity contribution >= 4 is 32.6 Å². The summed E-state index contributed by atoms with van der Waals surface area (Å²) in [6.45, 7) is 5.90. The zero-order valence-electron chi connectivity index (χ0n) is 13.6. The number of hydrogen-bond donors (Lipinski definition) is 1. The normalized spacial score (nSPS) is 20.6. The number of primary amides is 1. The molecule has 1 amide bonds. The third-order valence-corrected chi connectivity index (χ3v) is 6.04. The summed E-state index contributed by atoms with van der Waals surface area (Å²) in [4.78, 5) is 21.0. The Morgan fingerprint density at radius 1 is 1.21 bits per heavy atom. The van der Waals surface area contributed by atoms with Gasteiger partial charge in [0, 0.05) is 37.8 Å². The van der Waals surface area contributed by atoms with E-state index in [1.54, 1.807) is 17.4 Å². The highest BCUT2D eigenvalue weighted by Crippen LogP contribution is 2.31. The van der Waals surface area contributed by atoms with E-state index in [0.717, 1.165) is 54.7 Å². The van der Waals surface area contributed by atoms with Crippen molar-refractivity contribution in [1.29, 1.82) is 0 Å². The van der Waals surface area contributed by atoms with Crippen LogP contribution in [0.3, 0.4) is 0 Å². The molecule has 24 heavy (non-hydrogen) atoms. The number of hydrogen-bond acceptors (Lipinski definition) is 6. The van der Waals surface area contributed by atoms with Crippen LogP contribution in [-0.2, 0) is 4.74 Å². The Labute approximate surface area is 145 Å². The van der Waals surface area contributed by atoms with Crippen LogP contribution >= 0.6 is 11.3 Å². The number of carbonyl (C=O) groups excluding carboxylic acids is 1. The number of anilines is 1. The first-order valence-electron chi connectivity index (χ1n) is 8.48. The van der Waals surface area contributed by atoms with Crippen LogP contribution < -0.4 is 10.6 Å². The number of aromatic nitrogens is 1. The first kappa shape index (κ1) is 15.8. The molecule has 2 N–H and O–H groups in total. The molecule has 0 aliphatic carbocycles. The summed E-state index contributed by atoms with van der Waals surface area (Å²) in [5, 5.41) is 1.05. The van der Waals surface area contributed by atoms with Gasteiger partial charge in [0.05, 0.1) is 23.4 Å². The predicted molar refractivity (Wildman–Crippen MR) is 95.8 cm³/mol. The van der Waals surface area contributed by atoms with Crippen LogP contribution in [-0.4, -0.2) is 61.2 Å². The van der Waals surface area contributed by atoms with Crippen molar-refractivity contribution in [3.63, 3.8) is 0 Å². The molecule has 0 bridgehead atoms. The molecule has 128 valence electrons. The van der Waals surface area contributed by atoms with E-state index in [4.69, 9.17) is 15.5 Å². The van der Waals surface area contributed by atoms with Gasteiger partial charge in [-0.3, -0.25) is 9.69 Å². The van der Waals surface area contributed by atoms with Crippen LogP contribution in [0.25, 0.3) is 10.2 Å². The summed E-state index contributed by atoms with van der Waals surface area (Å²) in [6, 6.07) is 6.15. The third-order valence-electron chi connectivity index (χ3n) is 4.96. The van der Waals surface area contributed by atoms with E-state index in [0.29, 0.717) is 11.6 Å². The number of ether oxygens (including phenoxy) is 1. The Kier molecular flexibility index (Phi) is 4.39. The lowest BCUT2D eigenvalue weighted by molar-refractivity contribution is 0.0115. The molecule has 6 nitrogen and oxygen atoms in total. The topological polar surface area (TPSA) is 71.7 Å².